The van der Waals surface area contributed by atoms with Gasteiger partial charge in [-0.25, -0.2) is 0 Å². The maximum Gasteiger partial charge on any atom is 0.253 e. The van der Waals surface area contributed by atoms with Crippen molar-refractivity contribution in [2.75, 3.05) is 24.2 Å². The highest BCUT2D eigenvalue weighted by atomic mass is 35.5. The van der Waals surface area contributed by atoms with Crippen molar-refractivity contribution in [3.8, 4) is 0 Å². The summed E-state index contributed by atoms with van der Waals surface area (Å²) in [6.45, 7) is 0.804. The predicted molar refractivity (Wildman–Crippen MR) is 89.2 cm³/mol. The van der Waals surface area contributed by atoms with Crippen molar-refractivity contribution in [2.24, 2.45) is 5.73 Å². The summed E-state index contributed by atoms with van der Waals surface area (Å²) in [7, 11) is 0. The average molecular weight is 330 g/mol. The van der Waals surface area contributed by atoms with E-state index in [-0.39, 0.29) is 29.5 Å². The van der Waals surface area contributed by atoms with Crippen molar-refractivity contribution in [2.45, 2.75) is 18.1 Å². The summed E-state index contributed by atoms with van der Waals surface area (Å²) in [5.41, 5.74) is 6.39. The van der Waals surface area contributed by atoms with Crippen LogP contribution < -0.4 is 16.4 Å². The number of carbonyl (C=O) groups is 2. The number of nitrogens with two attached hydrogens (primary N) is 1. The molecule has 1 atom stereocenters. The Hall–Kier alpha value is -1.24. The third kappa shape index (κ3) is 4.91. The monoisotopic (exact) mass is 329 g/mol. The van der Waals surface area contributed by atoms with Gasteiger partial charge >= 0.3 is 0 Å². The first-order valence-corrected chi connectivity index (χ1v) is 7.77. The molecule has 2 amide bonds. The van der Waals surface area contributed by atoms with E-state index in [1.54, 1.807) is 36.0 Å². The molecule has 0 saturated carbocycles. The van der Waals surface area contributed by atoms with Crippen LogP contribution in [0, 0.1) is 0 Å². The lowest BCUT2D eigenvalue weighted by atomic mass is 10.1. The number of hydrogen-bond acceptors (Lipinski definition) is 4. The zero-order valence-corrected chi connectivity index (χ0v) is 13.3. The zero-order chi connectivity index (χ0) is 14.4. The van der Waals surface area contributed by atoms with E-state index in [2.05, 4.69) is 10.6 Å². The van der Waals surface area contributed by atoms with Crippen molar-refractivity contribution in [1.29, 1.82) is 0 Å². The molecule has 1 aliphatic rings. The molecule has 0 radical (unpaired) electrons. The molecular formula is C14H20ClN3O2S. The van der Waals surface area contributed by atoms with Crippen molar-refractivity contribution in [3.63, 3.8) is 0 Å². The number of anilines is 1. The summed E-state index contributed by atoms with van der Waals surface area (Å²) in [6, 6.07) is 7.02. The van der Waals surface area contributed by atoms with Crippen LogP contribution in [0.4, 0.5) is 5.69 Å². The molecule has 2 rings (SSSR count). The Balaban J connectivity index is 0.00000220. The fraction of sp³-hybridized carbons (Fsp3) is 0.429. The quantitative estimate of drug-likeness (QED) is 0.766. The van der Waals surface area contributed by atoms with Gasteiger partial charge < -0.3 is 16.4 Å². The molecule has 1 aliphatic heterocycles. The number of hydrogen-bond donors (Lipinski definition) is 3. The van der Waals surface area contributed by atoms with Crippen LogP contribution in [0.15, 0.2) is 24.3 Å². The third-order valence-electron chi connectivity index (χ3n) is 3.08. The molecule has 0 aromatic heterocycles. The van der Waals surface area contributed by atoms with Crippen LogP contribution in [0.1, 0.15) is 23.2 Å². The molecule has 116 valence electrons. The molecule has 1 saturated heterocycles. The van der Waals surface area contributed by atoms with Gasteiger partial charge in [-0.2, -0.15) is 0 Å². The summed E-state index contributed by atoms with van der Waals surface area (Å²) in [5, 5.41) is 5.56. The van der Waals surface area contributed by atoms with Crippen LogP contribution in [0.3, 0.4) is 0 Å². The average Bonchev–Trinajstić information content (AvgIpc) is 2.99. The topological polar surface area (TPSA) is 84.2 Å². The number of thioether (sulfide) groups is 1. The summed E-state index contributed by atoms with van der Waals surface area (Å²) in [6.07, 6.45) is 1.97. The van der Waals surface area contributed by atoms with E-state index in [1.807, 2.05) is 0 Å². The molecule has 1 unspecified atom stereocenters. The van der Waals surface area contributed by atoms with Crippen LogP contribution in [0.2, 0.25) is 0 Å². The van der Waals surface area contributed by atoms with Gasteiger partial charge in [0.05, 0.1) is 16.5 Å². The summed E-state index contributed by atoms with van der Waals surface area (Å²) in [4.78, 5) is 24.1. The van der Waals surface area contributed by atoms with E-state index in [4.69, 9.17) is 5.73 Å². The SMILES string of the molecule is Cl.NCCNC(=O)c1ccccc1NC(=O)C1CCCS1. The van der Waals surface area contributed by atoms with E-state index in [1.165, 1.54) is 0 Å². The molecule has 1 heterocycles. The Bertz CT molecular complexity index is 493. The number of benzene rings is 1. The largest absolute Gasteiger partial charge is 0.351 e. The summed E-state index contributed by atoms with van der Waals surface area (Å²) >= 11 is 1.67. The van der Waals surface area contributed by atoms with Crippen molar-refractivity contribution in [1.82, 2.24) is 5.32 Å². The van der Waals surface area contributed by atoms with Gasteiger partial charge in [0.25, 0.3) is 5.91 Å². The Morgan fingerprint density at radius 2 is 2.10 bits per heavy atom. The smallest absolute Gasteiger partial charge is 0.253 e. The Kier molecular flexibility index (Phi) is 7.56. The maximum atomic E-state index is 12.1. The number of halogens is 1. The second kappa shape index (κ2) is 8.92. The van der Waals surface area contributed by atoms with E-state index in [9.17, 15) is 9.59 Å². The number of nitrogens with one attached hydrogen (secondary N) is 2. The first-order valence-electron chi connectivity index (χ1n) is 6.72. The highest BCUT2D eigenvalue weighted by Crippen LogP contribution is 2.27. The molecule has 4 N–H and O–H groups in total. The van der Waals surface area contributed by atoms with Gasteiger partial charge in [0.2, 0.25) is 5.91 Å². The van der Waals surface area contributed by atoms with Gasteiger partial charge in [0, 0.05) is 13.1 Å². The fourth-order valence-corrected chi connectivity index (χ4v) is 3.23. The minimum Gasteiger partial charge on any atom is -0.351 e. The van der Waals surface area contributed by atoms with Crippen molar-refractivity contribution in [3.05, 3.63) is 29.8 Å². The first-order chi connectivity index (χ1) is 9.72. The van der Waals surface area contributed by atoms with Crippen molar-refractivity contribution < 1.29 is 9.59 Å². The van der Waals surface area contributed by atoms with Gasteiger partial charge in [-0.1, -0.05) is 12.1 Å². The minimum absolute atomic E-state index is 0. The number of carbonyl (C=O) groups excluding carboxylic acids is 2. The third-order valence-corrected chi connectivity index (χ3v) is 4.46. The highest BCUT2D eigenvalue weighted by Gasteiger charge is 2.24. The Morgan fingerprint density at radius 3 is 2.76 bits per heavy atom. The first kappa shape index (κ1) is 17.8. The van der Waals surface area contributed by atoms with Gasteiger partial charge in [-0.3, -0.25) is 9.59 Å². The Labute approximate surface area is 134 Å². The zero-order valence-electron chi connectivity index (χ0n) is 11.6. The molecule has 0 spiro atoms. The molecule has 5 nitrogen and oxygen atoms in total. The lowest BCUT2D eigenvalue weighted by molar-refractivity contribution is -0.115. The molecule has 1 aromatic carbocycles. The van der Waals surface area contributed by atoms with Crippen LogP contribution in [0.25, 0.3) is 0 Å². The van der Waals surface area contributed by atoms with E-state index in [0.717, 1.165) is 18.6 Å². The number of amides is 2. The van der Waals surface area contributed by atoms with Crippen molar-refractivity contribution >= 4 is 41.7 Å². The second-order valence-electron chi connectivity index (χ2n) is 4.58. The van der Waals surface area contributed by atoms with Gasteiger partial charge in [0.15, 0.2) is 0 Å². The highest BCUT2D eigenvalue weighted by molar-refractivity contribution is 8.00. The summed E-state index contributed by atoms with van der Waals surface area (Å²) in [5.74, 6) is 0.786. The maximum absolute atomic E-state index is 12.1. The van der Waals surface area contributed by atoms with Crippen LogP contribution in [-0.4, -0.2) is 35.9 Å². The molecule has 0 aliphatic carbocycles. The van der Waals surface area contributed by atoms with E-state index in [0.29, 0.717) is 24.3 Å². The standard InChI is InChI=1S/C14H19N3O2S.ClH/c15-7-8-16-13(18)10-4-1-2-5-11(10)17-14(19)12-6-3-9-20-12;/h1-2,4-5,12H,3,6-9,15H2,(H,16,18)(H,17,19);1H. The molecule has 7 heteroatoms. The Morgan fingerprint density at radius 1 is 1.33 bits per heavy atom. The summed E-state index contributed by atoms with van der Waals surface area (Å²) < 4.78 is 0. The molecule has 21 heavy (non-hydrogen) atoms. The van der Waals surface area contributed by atoms with E-state index >= 15 is 0 Å². The lowest BCUT2D eigenvalue weighted by Gasteiger charge is -2.13. The number of rotatable bonds is 5. The second-order valence-corrected chi connectivity index (χ2v) is 5.89. The minimum atomic E-state index is -0.217. The number of para-hydroxylation sites is 1. The molecule has 1 aromatic rings. The predicted octanol–water partition coefficient (Wildman–Crippen LogP) is 1.63. The lowest BCUT2D eigenvalue weighted by Crippen LogP contribution is -2.30. The van der Waals surface area contributed by atoms with Crippen LogP contribution >= 0.6 is 24.2 Å². The van der Waals surface area contributed by atoms with Gasteiger partial charge in [0.1, 0.15) is 0 Å². The van der Waals surface area contributed by atoms with E-state index < -0.39 is 0 Å². The van der Waals surface area contributed by atoms with Crippen LogP contribution in [-0.2, 0) is 4.79 Å². The van der Waals surface area contributed by atoms with Crippen LogP contribution in [0.5, 0.6) is 0 Å². The molecule has 0 bridgehead atoms. The van der Waals surface area contributed by atoms with Gasteiger partial charge in [-0.05, 0) is 30.7 Å². The normalized spacial score (nSPS) is 16.9. The molecule has 1 fully saturated rings. The molecular weight excluding hydrogens is 310 g/mol. The fourth-order valence-electron chi connectivity index (χ4n) is 2.07. The van der Waals surface area contributed by atoms with Gasteiger partial charge in [-0.15, -0.1) is 24.2 Å².